The highest BCUT2D eigenvalue weighted by Crippen LogP contribution is 2.30. The van der Waals surface area contributed by atoms with Gasteiger partial charge in [0.25, 0.3) is 5.91 Å². The van der Waals surface area contributed by atoms with Crippen molar-refractivity contribution in [3.05, 3.63) is 42.0 Å². The van der Waals surface area contributed by atoms with Crippen LogP contribution in [0.25, 0.3) is 11.0 Å². The van der Waals surface area contributed by atoms with Gasteiger partial charge in [0.2, 0.25) is 0 Å². The van der Waals surface area contributed by atoms with E-state index >= 15 is 0 Å². The molecular weight excluding hydrogens is 320 g/mol. The molecule has 1 amide bonds. The Morgan fingerprint density at radius 1 is 1.28 bits per heavy atom. The maximum absolute atomic E-state index is 12.7. The first kappa shape index (κ1) is 15.8. The molecule has 3 aromatic rings. The van der Waals surface area contributed by atoms with Crippen molar-refractivity contribution in [1.29, 1.82) is 0 Å². The lowest BCUT2D eigenvalue weighted by molar-refractivity contribution is 0.0420. The monoisotopic (exact) mass is 340 g/mol. The third-order valence-electron chi connectivity index (χ3n) is 4.96. The first-order valence-corrected chi connectivity index (χ1v) is 8.38. The van der Waals surface area contributed by atoms with Crippen LogP contribution in [0, 0.1) is 5.92 Å². The number of piperidine rings is 1. The Balaban J connectivity index is 1.42. The average molecular weight is 340 g/mol. The van der Waals surface area contributed by atoms with Crippen LogP contribution in [0.3, 0.4) is 0 Å². The number of aryl methyl sites for hydroxylation is 1. The predicted octanol–water partition coefficient (Wildman–Crippen LogP) is 1.28. The number of aliphatic hydroxyl groups is 1. The van der Waals surface area contributed by atoms with E-state index in [0.717, 1.165) is 18.4 Å². The van der Waals surface area contributed by atoms with Crippen LogP contribution in [0.5, 0.6) is 0 Å². The van der Waals surface area contributed by atoms with E-state index in [2.05, 4.69) is 20.4 Å². The predicted molar refractivity (Wildman–Crippen MR) is 90.7 cm³/mol. The normalized spacial score (nSPS) is 17.1. The number of hydrogen-bond acceptors (Lipinski definition) is 5. The number of imidazole rings is 1. The third-order valence-corrected chi connectivity index (χ3v) is 4.96. The average Bonchev–Trinajstić information content (AvgIpc) is 3.28. The second kappa shape index (κ2) is 6.29. The highest BCUT2D eigenvalue weighted by molar-refractivity contribution is 5.97. The molecule has 2 aromatic heterocycles. The molecule has 8 nitrogen and oxygen atoms in total. The molecule has 0 saturated carbocycles. The number of hydrogen-bond donors (Lipinski definition) is 2. The lowest BCUT2D eigenvalue weighted by atomic mass is 9.90. The van der Waals surface area contributed by atoms with Crippen molar-refractivity contribution < 1.29 is 9.90 Å². The number of rotatable bonds is 3. The van der Waals surface area contributed by atoms with Crippen LogP contribution in [0.1, 0.15) is 35.1 Å². The van der Waals surface area contributed by atoms with Gasteiger partial charge in [-0.2, -0.15) is 15.4 Å². The minimum atomic E-state index is -0.594. The maximum atomic E-state index is 12.7. The number of amides is 1. The SMILES string of the molecule is Cn1ccnc1[C@H](O)C1CCN(C(=O)c2ccc3n[nH]nc3c2)CC1. The highest BCUT2D eigenvalue weighted by Gasteiger charge is 2.30. The summed E-state index contributed by atoms with van der Waals surface area (Å²) in [7, 11) is 1.88. The number of benzene rings is 1. The Hall–Kier alpha value is -2.74. The van der Waals surface area contributed by atoms with Crippen LogP contribution in [0.2, 0.25) is 0 Å². The Labute approximate surface area is 144 Å². The van der Waals surface area contributed by atoms with Crippen molar-refractivity contribution in [2.75, 3.05) is 13.1 Å². The zero-order valence-corrected chi connectivity index (χ0v) is 14.0. The van der Waals surface area contributed by atoms with Crippen molar-refractivity contribution in [3.8, 4) is 0 Å². The quantitative estimate of drug-likeness (QED) is 0.748. The molecule has 1 aliphatic heterocycles. The summed E-state index contributed by atoms with van der Waals surface area (Å²) in [4.78, 5) is 18.8. The lowest BCUT2D eigenvalue weighted by Crippen LogP contribution is -2.40. The molecule has 2 N–H and O–H groups in total. The summed E-state index contributed by atoms with van der Waals surface area (Å²) in [5.74, 6) is 0.791. The van der Waals surface area contributed by atoms with E-state index in [0.29, 0.717) is 30.0 Å². The van der Waals surface area contributed by atoms with Gasteiger partial charge in [-0.25, -0.2) is 4.98 Å². The van der Waals surface area contributed by atoms with Crippen LogP contribution in [0.4, 0.5) is 0 Å². The largest absolute Gasteiger partial charge is 0.385 e. The van der Waals surface area contributed by atoms with Crippen molar-refractivity contribution >= 4 is 16.9 Å². The molecule has 1 saturated heterocycles. The second-order valence-electron chi connectivity index (χ2n) is 6.50. The molecule has 130 valence electrons. The van der Waals surface area contributed by atoms with E-state index in [1.54, 1.807) is 24.4 Å². The van der Waals surface area contributed by atoms with Gasteiger partial charge in [0.1, 0.15) is 23.0 Å². The lowest BCUT2D eigenvalue weighted by Gasteiger charge is -2.34. The molecule has 3 heterocycles. The Kier molecular flexibility index (Phi) is 3.96. The molecule has 25 heavy (non-hydrogen) atoms. The van der Waals surface area contributed by atoms with Gasteiger partial charge in [-0.1, -0.05) is 0 Å². The molecule has 0 aliphatic carbocycles. The number of carbonyl (C=O) groups excluding carboxylic acids is 1. The Morgan fingerprint density at radius 3 is 2.76 bits per heavy atom. The molecule has 8 heteroatoms. The summed E-state index contributed by atoms with van der Waals surface area (Å²) in [6.07, 6.45) is 4.44. The molecule has 4 rings (SSSR count). The molecule has 1 fully saturated rings. The number of aromatic amines is 1. The number of nitrogens with zero attached hydrogens (tertiary/aromatic N) is 5. The smallest absolute Gasteiger partial charge is 0.253 e. The fourth-order valence-corrected chi connectivity index (χ4v) is 3.45. The minimum absolute atomic E-state index is 0.00479. The van der Waals surface area contributed by atoms with E-state index in [4.69, 9.17) is 0 Å². The summed E-state index contributed by atoms with van der Waals surface area (Å²) >= 11 is 0. The highest BCUT2D eigenvalue weighted by atomic mass is 16.3. The first-order valence-electron chi connectivity index (χ1n) is 8.38. The van der Waals surface area contributed by atoms with Crippen LogP contribution >= 0.6 is 0 Å². The zero-order valence-electron chi connectivity index (χ0n) is 14.0. The number of nitrogens with one attached hydrogen (secondary N) is 1. The first-order chi connectivity index (χ1) is 12.1. The van der Waals surface area contributed by atoms with Crippen molar-refractivity contribution in [2.24, 2.45) is 13.0 Å². The molecule has 1 aliphatic rings. The Morgan fingerprint density at radius 2 is 2.04 bits per heavy atom. The van der Waals surface area contributed by atoms with E-state index in [1.165, 1.54) is 0 Å². The summed E-state index contributed by atoms with van der Waals surface area (Å²) in [5, 5.41) is 21.1. The van der Waals surface area contributed by atoms with Crippen molar-refractivity contribution in [3.63, 3.8) is 0 Å². The molecule has 1 atom stereocenters. The summed E-state index contributed by atoms with van der Waals surface area (Å²) in [6, 6.07) is 5.33. The van der Waals surface area contributed by atoms with Crippen LogP contribution in [-0.2, 0) is 7.05 Å². The van der Waals surface area contributed by atoms with Crippen LogP contribution < -0.4 is 0 Å². The fraction of sp³-hybridized carbons (Fsp3) is 0.412. The maximum Gasteiger partial charge on any atom is 0.253 e. The molecular formula is C17H20N6O2. The van der Waals surface area contributed by atoms with Crippen LogP contribution in [-0.4, -0.2) is 54.0 Å². The van der Waals surface area contributed by atoms with Crippen LogP contribution in [0.15, 0.2) is 30.6 Å². The third kappa shape index (κ3) is 2.89. The van der Waals surface area contributed by atoms with E-state index in [-0.39, 0.29) is 11.8 Å². The van der Waals surface area contributed by atoms with E-state index in [9.17, 15) is 9.90 Å². The van der Waals surface area contributed by atoms with Gasteiger partial charge in [-0.15, -0.1) is 0 Å². The standard InChI is InChI=1S/C17H20N6O2/c1-22-9-6-18-16(22)15(24)11-4-7-23(8-5-11)17(25)12-2-3-13-14(10-12)20-21-19-13/h2-3,6,9-11,15,24H,4-5,7-8H2,1H3,(H,19,20,21)/t15-/m1/s1. The van der Waals surface area contributed by atoms with Gasteiger partial charge in [-0.3, -0.25) is 4.79 Å². The van der Waals surface area contributed by atoms with Crippen molar-refractivity contribution in [1.82, 2.24) is 29.9 Å². The molecule has 0 radical (unpaired) electrons. The number of likely N-dealkylation sites (tertiary alicyclic amines) is 1. The number of H-pyrrole nitrogens is 1. The fourth-order valence-electron chi connectivity index (χ4n) is 3.45. The van der Waals surface area contributed by atoms with Gasteiger partial charge in [0.15, 0.2) is 0 Å². The van der Waals surface area contributed by atoms with E-state index in [1.807, 2.05) is 22.7 Å². The van der Waals surface area contributed by atoms with Gasteiger partial charge >= 0.3 is 0 Å². The van der Waals surface area contributed by atoms with Gasteiger partial charge in [-0.05, 0) is 37.0 Å². The molecule has 1 aromatic carbocycles. The number of fused-ring (bicyclic) bond motifs is 1. The number of aromatic nitrogens is 5. The van der Waals surface area contributed by atoms with Gasteiger partial charge < -0.3 is 14.6 Å². The Bertz CT molecular complexity index is 893. The topological polar surface area (TPSA) is 99.9 Å². The second-order valence-corrected chi connectivity index (χ2v) is 6.50. The summed E-state index contributed by atoms with van der Waals surface area (Å²) < 4.78 is 1.84. The van der Waals surface area contributed by atoms with Gasteiger partial charge in [0.05, 0.1) is 0 Å². The molecule has 0 bridgehead atoms. The van der Waals surface area contributed by atoms with Crippen molar-refractivity contribution in [2.45, 2.75) is 18.9 Å². The summed E-state index contributed by atoms with van der Waals surface area (Å²) in [5.41, 5.74) is 2.05. The number of aliphatic hydroxyl groups excluding tert-OH is 1. The number of carbonyl (C=O) groups is 1. The zero-order chi connectivity index (χ0) is 17.4. The summed E-state index contributed by atoms with van der Waals surface area (Å²) in [6.45, 7) is 1.25. The van der Waals surface area contributed by atoms with E-state index < -0.39 is 6.10 Å². The van der Waals surface area contributed by atoms with Gasteiger partial charge in [0, 0.05) is 38.1 Å². The minimum Gasteiger partial charge on any atom is -0.385 e. The molecule has 0 unspecified atom stereocenters. The molecule has 0 spiro atoms.